The van der Waals surface area contributed by atoms with Crippen LogP contribution in [0.4, 0.5) is 5.69 Å². The predicted molar refractivity (Wildman–Crippen MR) is 162 cm³/mol. The van der Waals surface area contributed by atoms with Crippen LogP contribution in [-0.2, 0) is 4.79 Å². The third-order valence-corrected chi connectivity index (χ3v) is 7.12. The van der Waals surface area contributed by atoms with Gasteiger partial charge in [0.05, 0.1) is 27.9 Å². The van der Waals surface area contributed by atoms with Crippen molar-refractivity contribution >= 4 is 17.7 Å². The highest BCUT2D eigenvalue weighted by molar-refractivity contribution is 5.91. The van der Waals surface area contributed by atoms with Gasteiger partial charge in [-0.15, -0.1) is 0 Å². The molecule has 1 aliphatic heterocycles. The highest BCUT2D eigenvalue weighted by atomic mass is 16.5. The first-order valence-corrected chi connectivity index (χ1v) is 14.6. The number of methoxy groups -OCH3 is 3. The molecule has 1 aliphatic rings. The summed E-state index contributed by atoms with van der Waals surface area (Å²) in [6, 6.07) is 11.8. The Balaban J connectivity index is 1.46. The molecule has 0 bridgehead atoms. The van der Waals surface area contributed by atoms with E-state index < -0.39 is 0 Å². The van der Waals surface area contributed by atoms with Gasteiger partial charge < -0.3 is 23.8 Å². The van der Waals surface area contributed by atoms with E-state index in [4.69, 9.17) is 18.9 Å². The quantitative estimate of drug-likeness (QED) is 0.187. The number of anilines is 1. The average molecular weight is 554 g/mol. The summed E-state index contributed by atoms with van der Waals surface area (Å²) in [7, 11) is 4.90. The number of rotatable bonds is 17. The molecule has 8 nitrogen and oxygen atoms in total. The molecule has 1 heterocycles. The highest BCUT2D eigenvalue weighted by Gasteiger charge is 2.19. The van der Waals surface area contributed by atoms with Gasteiger partial charge in [-0.25, -0.2) is 5.01 Å². The Kier molecular flexibility index (Phi) is 13.5. The van der Waals surface area contributed by atoms with Gasteiger partial charge in [-0.3, -0.25) is 10.2 Å². The van der Waals surface area contributed by atoms with Crippen molar-refractivity contribution in [2.24, 2.45) is 0 Å². The fraction of sp³-hybridized carbons (Fsp3) is 0.531. The Morgan fingerprint density at radius 1 is 0.850 bits per heavy atom. The number of nitrogens with one attached hydrogen (secondary N) is 1. The van der Waals surface area contributed by atoms with Crippen LogP contribution >= 0.6 is 0 Å². The zero-order valence-electron chi connectivity index (χ0n) is 24.7. The molecule has 0 spiro atoms. The molecule has 3 rings (SSSR count). The Bertz CT molecular complexity index is 1040. The van der Waals surface area contributed by atoms with E-state index in [1.54, 1.807) is 27.4 Å². The van der Waals surface area contributed by atoms with Gasteiger partial charge in [0.15, 0.2) is 11.5 Å². The van der Waals surface area contributed by atoms with Crippen molar-refractivity contribution in [1.82, 2.24) is 10.4 Å². The minimum absolute atomic E-state index is 0.178. The molecular formula is C32H47N3O5. The summed E-state index contributed by atoms with van der Waals surface area (Å²) in [4.78, 5) is 14.9. The lowest BCUT2D eigenvalue weighted by atomic mass is 10.1. The number of hydrogen-bond acceptors (Lipinski definition) is 7. The van der Waals surface area contributed by atoms with Crippen LogP contribution in [0.5, 0.6) is 23.0 Å². The second-order valence-electron chi connectivity index (χ2n) is 10.1. The normalized spacial score (nSPS) is 13.8. The summed E-state index contributed by atoms with van der Waals surface area (Å²) in [5.41, 5.74) is 4.90. The van der Waals surface area contributed by atoms with Crippen LogP contribution in [0.2, 0.25) is 0 Å². The number of hydrogen-bond donors (Lipinski definition) is 1. The minimum Gasteiger partial charge on any atom is -0.497 e. The Hall–Kier alpha value is -3.39. The molecule has 220 valence electrons. The summed E-state index contributed by atoms with van der Waals surface area (Å²) < 4.78 is 22.6. The van der Waals surface area contributed by atoms with Crippen molar-refractivity contribution < 1.29 is 23.7 Å². The number of benzene rings is 2. The van der Waals surface area contributed by atoms with Crippen LogP contribution in [-0.4, -0.2) is 65.0 Å². The number of unbranched alkanes of at least 4 members (excludes halogenated alkanes) is 7. The molecule has 0 saturated carbocycles. The Morgan fingerprint density at radius 3 is 2.12 bits per heavy atom. The van der Waals surface area contributed by atoms with Crippen LogP contribution in [0.3, 0.4) is 0 Å². The molecule has 0 radical (unpaired) electrons. The zero-order valence-corrected chi connectivity index (χ0v) is 24.7. The van der Waals surface area contributed by atoms with Gasteiger partial charge in [0, 0.05) is 44.0 Å². The molecule has 40 heavy (non-hydrogen) atoms. The maximum absolute atomic E-state index is 12.6. The van der Waals surface area contributed by atoms with Crippen LogP contribution in [0.15, 0.2) is 42.5 Å². The van der Waals surface area contributed by atoms with E-state index >= 15 is 0 Å². The lowest BCUT2D eigenvalue weighted by Gasteiger charge is -2.35. The SMILES string of the molecule is CCCCCCCCCCOc1c(OC)cc(/C=C/C(=O)NN2CCN(c3cccc(OC)c3)CC2)cc1OC. The number of amides is 1. The summed E-state index contributed by atoms with van der Waals surface area (Å²) in [5, 5.41) is 1.95. The Labute approximate surface area is 240 Å². The summed E-state index contributed by atoms with van der Waals surface area (Å²) in [5.74, 6) is 2.45. The van der Waals surface area contributed by atoms with Crippen LogP contribution in [0.1, 0.15) is 63.9 Å². The number of carbonyl (C=O) groups is 1. The first-order valence-electron chi connectivity index (χ1n) is 14.6. The summed E-state index contributed by atoms with van der Waals surface area (Å²) in [6.07, 6.45) is 13.3. The molecule has 2 aromatic carbocycles. The summed E-state index contributed by atoms with van der Waals surface area (Å²) in [6.45, 7) is 5.93. The first-order chi connectivity index (χ1) is 19.6. The largest absolute Gasteiger partial charge is 0.497 e. The van der Waals surface area contributed by atoms with Gasteiger partial charge in [0.25, 0.3) is 5.91 Å². The topological polar surface area (TPSA) is 72.5 Å². The third kappa shape index (κ3) is 9.97. The van der Waals surface area contributed by atoms with Gasteiger partial charge in [-0.05, 0) is 42.3 Å². The van der Waals surface area contributed by atoms with E-state index in [2.05, 4.69) is 23.3 Å². The monoisotopic (exact) mass is 553 g/mol. The highest BCUT2D eigenvalue weighted by Crippen LogP contribution is 2.39. The average Bonchev–Trinajstić information content (AvgIpc) is 2.99. The van der Waals surface area contributed by atoms with E-state index in [0.29, 0.717) is 23.9 Å². The fourth-order valence-electron chi connectivity index (χ4n) is 4.80. The van der Waals surface area contributed by atoms with Gasteiger partial charge >= 0.3 is 0 Å². The molecule has 0 unspecified atom stereocenters. The lowest BCUT2D eigenvalue weighted by molar-refractivity contribution is -0.121. The number of piperazine rings is 1. The van der Waals surface area contributed by atoms with Crippen molar-refractivity contribution in [2.45, 2.75) is 58.3 Å². The molecule has 0 aromatic heterocycles. The summed E-state index contributed by atoms with van der Waals surface area (Å²) >= 11 is 0. The second-order valence-corrected chi connectivity index (χ2v) is 10.1. The lowest BCUT2D eigenvalue weighted by Crippen LogP contribution is -2.53. The van der Waals surface area contributed by atoms with Crippen molar-refractivity contribution in [3.8, 4) is 23.0 Å². The molecule has 2 aromatic rings. The minimum atomic E-state index is -0.178. The maximum Gasteiger partial charge on any atom is 0.258 e. The van der Waals surface area contributed by atoms with Gasteiger partial charge in [-0.1, -0.05) is 57.9 Å². The zero-order chi connectivity index (χ0) is 28.6. The van der Waals surface area contributed by atoms with Crippen LogP contribution < -0.4 is 29.3 Å². The maximum atomic E-state index is 12.6. The van der Waals surface area contributed by atoms with E-state index in [0.717, 1.165) is 56.0 Å². The van der Waals surface area contributed by atoms with E-state index in [1.807, 2.05) is 35.3 Å². The standard InChI is InChI=1S/C32H47N3O5/c1-5-6-7-8-9-10-11-12-22-40-32-29(38-3)23-26(24-30(32)39-4)16-17-31(36)33-35-20-18-34(19-21-35)27-14-13-15-28(25-27)37-2/h13-17,23-25H,5-12,18-22H2,1-4H3,(H,33,36)/b17-16+. The molecule has 1 amide bonds. The van der Waals surface area contributed by atoms with Crippen LogP contribution in [0, 0.1) is 0 Å². The number of ether oxygens (including phenoxy) is 4. The molecule has 0 atom stereocenters. The van der Waals surface area contributed by atoms with Crippen LogP contribution in [0.25, 0.3) is 6.08 Å². The smallest absolute Gasteiger partial charge is 0.258 e. The number of carbonyl (C=O) groups excluding carboxylic acids is 1. The number of hydrazine groups is 1. The second kappa shape index (κ2) is 17.3. The van der Waals surface area contributed by atoms with E-state index in [1.165, 1.54) is 44.6 Å². The molecule has 1 saturated heterocycles. The molecule has 1 fully saturated rings. The van der Waals surface area contributed by atoms with E-state index in [-0.39, 0.29) is 5.91 Å². The molecular weight excluding hydrogens is 506 g/mol. The van der Waals surface area contributed by atoms with Gasteiger partial charge in [-0.2, -0.15) is 0 Å². The van der Waals surface area contributed by atoms with Crippen molar-refractivity contribution in [3.63, 3.8) is 0 Å². The van der Waals surface area contributed by atoms with Gasteiger partial charge in [0.2, 0.25) is 5.75 Å². The fourth-order valence-corrected chi connectivity index (χ4v) is 4.80. The van der Waals surface area contributed by atoms with Crippen molar-refractivity contribution in [2.75, 3.05) is 59.0 Å². The van der Waals surface area contributed by atoms with E-state index in [9.17, 15) is 4.79 Å². The van der Waals surface area contributed by atoms with Crippen molar-refractivity contribution in [1.29, 1.82) is 0 Å². The Morgan fingerprint density at radius 2 is 1.50 bits per heavy atom. The molecule has 0 aliphatic carbocycles. The first kappa shape index (κ1) is 31.1. The molecule has 8 heteroatoms. The molecule has 1 N–H and O–H groups in total. The third-order valence-electron chi connectivity index (χ3n) is 7.12. The van der Waals surface area contributed by atoms with Crippen molar-refractivity contribution in [3.05, 3.63) is 48.0 Å². The predicted octanol–water partition coefficient (Wildman–Crippen LogP) is 6.10. The van der Waals surface area contributed by atoms with Gasteiger partial charge in [0.1, 0.15) is 5.75 Å². The number of nitrogens with zero attached hydrogens (tertiary/aromatic N) is 2.